The molecule has 1 aromatic heterocycles. The molecule has 2 rings (SSSR count). The van der Waals surface area contributed by atoms with Crippen molar-refractivity contribution in [3.63, 3.8) is 0 Å². The quantitative estimate of drug-likeness (QED) is 0.795. The zero-order valence-corrected chi connectivity index (χ0v) is 11.0. The highest BCUT2D eigenvalue weighted by Gasteiger charge is 2.37. The Hall–Kier alpha value is -1.46. The van der Waals surface area contributed by atoms with E-state index in [1.165, 1.54) is 12.8 Å². The highest BCUT2D eigenvalue weighted by atomic mass is 16.4. The van der Waals surface area contributed by atoms with Crippen LogP contribution in [0.1, 0.15) is 45.4 Å². The van der Waals surface area contributed by atoms with E-state index >= 15 is 0 Å². The lowest BCUT2D eigenvalue weighted by molar-refractivity contribution is -0.150. The molecule has 6 nitrogen and oxygen atoms in total. The molecule has 1 heterocycles. The van der Waals surface area contributed by atoms with Crippen molar-refractivity contribution in [1.82, 2.24) is 20.2 Å². The predicted molar refractivity (Wildman–Crippen MR) is 64.9 cm³/mol. The summed E-state index contributed by atoms with van der Waals surface area (Å²) in [4.78, 5) is 11.5. The number of carbonyl (C=O) groups is 1. The molecule has 18 heavy (non-hydrogen) atoms. The van der Waals surface area contributed by atoms with Gasteiger partial charge in [0.1, 0.15) is 0 Å². The van der Waals surface area contributed by atoms with E-state index in [0.717, 1.165) is 12.2 Å². The maximum Gasteiger partial charge on any atom is 0.311 e. The molecule has 0 atom stereocenters. The zero-order valence-electron chi connectivity index (χ0n) is 11.0. The van der Waals surface area contributed by atoms with E-state index in [4.69, 9.17) is 0 Å². The third-order valence-corrected chi connectivity index (χ3v) is 4.03. The van der Waals surface area contributed by atoms with Crippen LogP contribution < -0.4 is 0 Å². The highest BCUT2D eigenvalue weighted by molar-refractivity contribution is 5.74. The van der Waals surface area contributed by atoms with Gasteiger partial charge >= 0.3 is 5.97 Å². The summed E-state index contributed by atoms with van der Waals surface area (Å²) in [5, 5.41) is 21.1. The number of nitrogens with zero attached hydrogens (tertiary/aromatic N) is 4. The summed E-state index contributed by atoms with van der Waals surface area (Å²) in [5.41, 5.74) is -0.756. The van der Waals surface area contributed by atoms with Gasteiger partial charge in [0.05, 0.1) is 12.0 Å². The minimum atomic E-state index is -0.764. The van der Waals surface area contributed by atoms with Crippen molar-refractivity contribution in [2.45, 2.75) is 52.5 Å². The Labute approximate surface area is 106 Å². The van der Waals surface area contributed by atoms with Gasteiger partial charge in [0, 0.05) is 6.42 Å². The van der Waals surface area contributed by atoms with Crippen molar-refractivity contribution in [2.75, 3.05) is 0 Å². The molecule has 1 aliphatic rings. The fourth-order valence-corrected chi connectivity index (χ4v) is 2.20. The molecule has 0 saturated heterocycles. The average molecular weight is 252 g/mol. The third-order valence-electron chi connectivity index (χ3n) is 4.03. The van der Waals surface area contributed by atoms with E-state index in [2.05, 4.69) is 15.5 Å². The Morgan fingerprint density at radius 3 is 2.61 bits per heavy atom. The van der Waals surface area contributed by atoms with Crippen LogP contribution in [0.3, 0.4) is 0 Å². The average Bonchev–Trinajstić information content (AvgIpc) is 3.06. The van der Waals surface area contributed by atoms with Crippen LogP contribution in [0.25, 0.3) is 0 Å². The normalized spacial score (nSPS) is 15.9. The molecule has 0 amide bonds. The van der Waals surface area contributed by atoms with Gasteiger partial charge in [0.2, 0.25) is 0 Å². The topological polar surface area (TPSA) is 80.9 Å². The molecule has 1 N–H and O–H groups in total. The summed E-state index contributed by atoms with van der Waals surface area (Å²) in [6.45, 7) is 4.18. The number of aliphatic carboxylic acids is 1. The highest BCUT2D eigenvalue weighted by Crippen LogP contribution is 2.33. The molecule has 1 saturated carbocycles. The van der Waals surface area contributed by atoms with Gasteiger partial charge in [-0.1, -0.05) is 13.8 Å². The number of tetrazole rings is 1. The number of hydrogen-bond donors (Lipinski definition) is 1. The van der Waals surface area contributed by atoms with Crippen LogP contribution in [-0.2, 0) is 17.8 Å². The molecule has 6 heteroatoms. The Balaban J connectivity index is 2.15. The van der Waals surface area contributed by atoms with E-state index in [1.54, 1.807) is 4.68 Å². The molecule has 0 radical (unpaired) electrons. The van der Waals surface area contributed by atoms with E-state index in [1.807, 2.05) is 13.8 Å². The van der Waals surface area contributed by atoms with Gasteiger partial charge in [0.25, 0.3) is 0 Å². The Kier molecular flexibility index (Phi) is 3.63. The van der Waals surface area contributed by atoms with E-state index in [0.29, 0.717) is 25.3 Å². The van der Waals surface area contributed by atoms with Gasteiger partial charge < -0.3 is 5.11 Å². The van der Waals surface area contributed by atoms with E-state index < -0.39 is 11.4 Å². The molecule has 0 unspecified atom stereocenters. The second-order valence-electron chi connectivity index (χ2n) is 5.19. The van der Waals surface area contributed by atoms with Gasteiger partial charge in [0.15, 0.2) is 5.82 Å². The number of carboxylic acid groups (broad SMARTS) is 1. The van der Waals surface area contributed by atoms with Crippen LogP contribution in [0.2, 0.25) is 0 Å². The lowest BCUT2D eigenvalue weighted by Gasteiger charge is -2.26. The summed E-state index contributed by atoms with van der Waals surface area (Å²) in [6.07, 6.45) is 4.51. The number of aromatic nitrogens is 4. The minimum absolute atomic E-state index is 0.365. The first-order valence-electron chi connectivity index (χ1n) is 6.59. The molecule has 0 aliphatic heterocycles. The van der Waals surface area contributed by atoms with Crippen molar-refractivity contribution in [2.24, 2.45) is 11.3 Å². The smallest absolute Gasteiger partial charge is 0.311 e. The van der Waals surface area contributed by atoms with Crippen LogP contribution in [0.15, 0.2) is 0 Å². The summed E-state index contributed by atoms with van der Waals surface area (Å²) < 4.78 is 1.68. The molecule has 100 valence electrons. The van der Waals surface area contributed by atoms with Crippen LogP contribution in [0.4, 0.5) is 0 Å². The van der Waals surface area contributed by atoms with Crippen molar-refractivity contribution < 1.29 is 9.90 Å². The van der Waals surface area contributed by atoms with Crippen molar-refractivity contribution in [3.8, 4) is 0 Å². The number of hydrogen-bond acceptors (Lipinski definition) is 4. The molecular formula is C12H20N4O2. The van der Waals surface area contributed by atoms with Crippen molar-refractivity contribution in [3.05, 3.63) is 5.82 Å². The summed E-state index contributed by atoms with van der Waals surface area (Å²) in [7, 11) is 0. The zero-order chi connectivity index (χ0) is 13.2. The SMILES string of the molecule is CCC(CC)(Cn1nnnc1CC1CC1)C(=O)O. The maximum absolute atomic E-state index is 11.5. The first-order chi connectivity index (χ1) is 8.61. The number of carboxylic acids is 1. The van der Waals surface area contributed by atoms with Crippen LogP contribution >= 0.6 is 0 Å². The number of rotatable bonds is 7. The summed E-state index contributed by atoms with van der Waals surface area (Å²) in [5.74, 6) is 0.752. The Bertz CT molecular complexity index is 421. The van der Waals surface area contributed by atoms with Crippen LogP contribution in [0.5, 0.6) is 0 Å². The second-order valence-corrected chi connectivity index (χ2v) is 5.19. The molecule has 0 spiro atoms. The molecular weight excluding hydrogens is 232 g/mol. The monoisotopic (exact) mass is 252 g/mol. The van der Waals surface area contributed by atoms with Crippen LogP contribution in [-0.4, -0.2) is 31.3 Å². The minimum Gasteiger partial charge on any atom is -0.481 e. The summed E-state index contributed by atoms with van der Waals surface area (Å²) in [6, 6.07) is 0. The van der Waals surface area contributed by atoms with Crippen molar-refractivity contribution in [1.29, 1.82) is 0 Å². The van der Waals surface area contributed by atoms with Crippen LogP contribution in [0, 0.1) is 11.3 Å². The fourth-order valence-electron chi connectivity index (χ4n) is 2.20. The second kappa shape index (κ2) is 5.04. The Morgan fingerprint density at radius 2 is 2.11 bits per heavy atom. The van der Waals surface area contributed by atoms with E-state index in [-0.39, 0.29) is 0 Å². The Morgan fingerprint density at radius 1 is 1.44 bits per heavy atom. The third kappa shape index (κ3) is 2.52. The van der Waals surface area contributed by atoms with Gasteiger partial charge in [-0.15, -0.1) is 5.10 Å². The lowest BCUT2D eigenvalue weighted by atomic mass is 9.82. The predicted octanol–water partition coefficient (Wildman–Crippen LogP) is 1.52. The molecule has 0 bridgehead atoms. The largest absolute Gasteiger partial charge is 0.481 e. The maximum atomic E-state index is 11.5. The lowest BCUT2D eigenvalue weighted by Crippen LogP contribution is -2.35. The molecule has 1 aromatic rings. The van der Waals surface area contributed by atoms with E-state index in [9.17, 15) is 9.90 Å². The standard InChI is InChI=1S/C12H20N4O2/c1-3-12(4-2,11(17)18)8-16-10(13-14-15-16)7-9-5-6-9/h9H,3-8H2,1-2H3,(H,17,18). The van der Waals surface area contributed by atoms with Gasteiger partial charge in [-0.2, -0.15) is 0 Å². The molecule has 0 aromatic carbocycles. The fraction of sp³-hybridized carbons (Fsp3) is 0.833. The van der Waals surface area contributed by atoms with Gasteiger partial charge in [-0.3, -0.25) is 4.79 Å². The van der Waals surface area contributed by atoms with Gasteiger partial charge in [-0.25, -0.2) is 4.68 Å². The first kappa shape index (κ1) is 13.0. The van der Waals surface area contributed by atoms with Gasteiger partial charge in [-0.05, 0) is 42.0 Å². The molecule has 1 aliphatic carbocycles. The first-order valence-corrected chi connectivity index (χ1v) is 6.59. The summed E-state index contributed by atoms with van der Waals surface area (Å²) >= 11 is 0. The molecule has 1 fully saturated rings. The van der Waals surface area contributed by atoms with Crippen molar-refractivity contribution >= 4 is 5.97 Å².